The average Bonchev–Trinajstić information content (AvgIpc) is 2.87. The largest absolute Gasteiger partial charge is 0.489 e. The molecule has 0 aliphatic carbocycles. The Hall–Kier alpha value is -2.02. The SMILES string of the molecule is Nn1c(-c2ccc(OCc3ccc(Cl)cc3Cl)cc2)n[nH]c1=S. The zero-order chi connectivity index (χ0) is 16.4. The summed E-state index contributed by atoms with van der Waals surface area (Å²) in [7, 11) is 0. The Morgan fingerprint density at radius 2 is 1.91 bits per heavy atom. The predicted octanol–water partition coefficient (Wildman–Crippen LogP) is 4.21. The summed E-state index contributed by atoms with van der Waals surface area (Å²) in [5, 5.41) is 7.89. The highest BCUT2D eigenvalue weighted by molar-refractivity contribution is 7.71. The first kappa shape index (κ1) is 15.9. The summed E-state index contributed by atoms with van der Waals surface area (Å²) in [4.78, 5) is 0. The molecule has 0 saturated heterocycles. The minimum Gasteiger partial charge on any atom is -0.489 e. The number of hydrogen-bond donors (Lipinski definition) is 2. The molecule has 1 aromatic heterocycles. The fourth-order valence-electron chi connectivity index (χ4n) is 2.01. The van der Waals surface area contributed by atoms with E-state index in [9.17, 15) is 0 Å². The third-order valence-electron chi connectivity index (χ3n) is 3.23. The molecule has 1 heterocycles. The highest BCUT2D eigenvalue weighted by atomic mass is 35.5. The van der Waals surface area contributed by atoms with Crippen molar-refractivity contribution < 1.29 is 4.74 Å². The van der Waals surface area contributed by atoms with Crippen molar-refractivity contribution in [1.29, 1.82) is 0 Å². The third kappa shape index (κ3) is 3.50. The zero-order valence-corrected chi connectivity index (χ0v) is 14.1. The lowest BCUT2D eigenvalue weighted by Crippen LogP contribution is -2.09. The topological polar surface area (TPSA) is 68.9 Å². The van der Waals surface area contributed by atoms with Crippen molar-refractivity contribution >= 4 is 35.4 Å². The van der Waals surface area contributed by atoms with Crippen LogP contribution in [0, 0.1) is 4.77 Å². The van der Waals surface area contributed by atoms with E-state index >= 15 is 0 Å². The third-order valence-corrected chi connectivity index (χ3v) is 4.10. The molecule has 0 aliphatic rings. The lowest BCUT2D eigenvalue weighted by molar-refractivity contribution is 0.306. The summed E-state index contributed by atoms with van der Waals surface area (Å²) < 4.78 is 7.40. The molecular formula is C15H12Cl2N4OS. The molecule has 0 spiro atoms. The second kappa shape index (κ2) is 6.62. The first-order valence-corrected chi connectivity index (χ1v) is 7.80. The van der Waals surface area contributed by atoms with E-state index in [1.54, 1.807) is 12.1 Å². The molecule has 23 heavy (non-hydrogen) atoms. The van der Waals surface area contributed by atoms with Gasteiger partial charge in [0.15, 0.2) is 5.82 Å². The smallest absolute Gasteiger partial charge is 0.214 e. The van der Waals surface area contributed by atoms with Gasteiger partial charge in [-0.15, -0.1) is 0 Å². The van der Waals surface area contributed by atoms with E-state index in [-0.39, 0.29) is 0 Å². The molecule has 3 aromatic rings. The number of H-pyrrole nitrogens is 1. The van der Waals surface area contributed by atoms with Gasteiger partial charge in [0.25, 0.3) is 0 Å². The zero-order valence-electron chi connectivity index (χ0n) is 11.8. The number of benzene rings is 2. The summed E-state index contributed by atoms with van der Waals surface area (Å²) in [6, 6.07) is 12.7. The molecule has 0 amide bonds. The van der Waals surface area contributed by atoms with Crippen LogP contribution in [0.3, 0.4) is 0 Å². The van der Waals surface area contributed by atoms with Crippen LogP contribution >= 0.6 is 35.4 Å². The van der Waals surface area contributed by atoms with Gasteiger partial charge in [-0.2, -0.15) is 5.10 Å². The maximum absolute atomic E-state index is 6.12. The number of nitrogen functional groups attached to an aromatic ring is 1. The fourth-order valence-corrected chi connectivity index (χ4v) is 2.60. The number of nitrogens with zero attached hydrogens (tertiary/aromatic N) is 2. The molecule has 118 valence electrons. The number of aromatic amines is 1. The Balaban J connectivity index is 1.73. The summed E-state index contributed by atoms with van der Waals surface area (Å²) >= 11 is 17.0. The van der Waals surface area contributed by atoms with Gasteiger partial charge in [-0.3, -0.25) is 0 Å². The van der Waals surface area contributed by atoms with Crippen molar-refractivity contribution in [3.8, 4) is 17.1 Å². The average molecular weight is 367 g/mol. The summed E-state index contributed by atoms with van der Waals surface area (Å²) in [5.41, 5.74) is 1.69. The first-order chi connectivity index (χ1) is 11.0. The maximum Gasteiger partial charge on any atom is 0.214 e. The molecule has 5 nitrogen and oxygen atoms in total. The minimum absolute atomic E-state index is 0.352. The minimum atomic E-state index is 0.352. The van der Waals surface area contributed by atoms with Gasteiger partial charge >= 0.3 is 0 Å². The molecule has 2 aromatic carbocycles. The van der Waals surface area contributed by atoms with Crippen LogP contribution in [0.25, 0.3) is 11.4 Å². The van der Waals surface area contributed by atoms with Crippen molar-refractivity contribution in [2.45, 2.75) is 6.61 Å². The van der Waals surface area contributed by atoms with Gasteiger partial charge in [0.2, 0.25) is 4.77 Å². The Labute approximate surface area is 147 Å². The quantitative estimate of drug-likeness (QED) is 0.536. The molecule has 0 aliphatic heterocycles. The highest BCUT2D eigenvalue weighted by Gasteiger charge is 2.07. The van der Waals surface area contributed by atoms with Crippen LogP contribution < -0.4 is 10.6 Å². The van der Waals surface area contributed by atoms with E-state index < -0.39 is 0 Å². The van der Waals surface area contributed by atoms with Gasteiger partial charge in [-0.05, 0) is 48.6 Å². The Kier molecular flexibility index (Phi) is 4.56. The molecule has 0 unspecified atom stereocenters. The van der Waals surface area contributed by atoms with Crippen LogP contribution in [0.5, 0.6) is 5.75 Å². The van der Waals surface area contributed by atoms with Crippen LogP contribution in [0.15, 0.2) is 42.5 Å². The van der Waals surface area contributed by atoms with Gasteiger partial charge in [0, 0.05) is 21.2 Å². The normalized spacial score (nSPS) is 10.7. The van der Waals surface area contributed by atoms with Crippen LogP contribution in [-0.4, -0.2) is 14.9 Å². The number of ether oxygens (including phenoxy) is 1. The highest BCUT2D eigenvalue weighted by Crippen LogP contribution is 2.24. The molecule has 0 saturated carbocycles. The van der Waals surface area contributed by atoms with E-state index in [4.69, 9.17) is 46.0 Å². The molecule has 3 N–H and O–H groups in total. The molecule has 0 fully saturated rings. The number of halogens is 2. The van der Waals surface area contributed by atoms with Gasteiger partial charge < -0.3 is 10.6 Å². The summed E-state index contributed by atoms with van der Waals surface area (Å²) in [5.74, 6) is 7.06. The molecule has 8 heteroatoms. The molecule has 0 radical (unpaired) electrons. The first-order valence-electron chi connectivity index (χ1n) is 6.64. The van der Waals surface area contributed by atoms with Gasteiger partial charge in [-0.25, -0.2) is 9.77 Å². The van der Waals surface area contributed by atoms with E-state index in [0.717, 1.165) is 11.1 Å². The predicted molar refractivity (Wildman–Crippen MR) is 93.8 cm³/mol. The van der Waals surface area contributed by atoms with Crippen molar-refractivity contribution in [2.24, 2.45) is 0 Å². The van der Waals surface area contributed by atoms with E-state index in [2.05, 4.69) is 10.2 Å². The monoisotopic (exact) mass is 366 g/mol. The Morgan fingerprint density at radius 3 is 2.52 bits per heavy atom. The van der Waals surface area contributed by atoms with Crippen molar-refractivity contribution in [3.63, 3.8) is 0 Å². The molecule has 0 bridgehead atoms. The summed E-state index contributed by atoms with van der Waals surface area (Å²) in [6.45, 7) is 0.352. The van der Waals surface area contributed by atoms with Crippen molar-refractivity contribution in [3.05, 3.63) is 62.8 Å². The number of hydrogen-bond acceptors (Lipinski definition) is 4. The van der Waals surface area contributed by atoms with Gasteiger partial charge in [-0.1, -0.05) is 29.3 Å². The second-order valence-electron chi connectivity index (χ2n) is 4.77. The van der Waals surface area contributed by atoms with Crippen LogP contribution in [0.1, 0.15) is 5.56 Å². The Morgan fingerprint density at radius 1 is 1.17 bits per heavy atom. The molecule has 3 rings (SSSR count). The van der Waals surface area contributed by atoms with E-state index in [1.165, 1.54) is 4.68 Å². The number of nitrogens with two attached hydrogens (primary N) is 1. The van der Waals surface area contributed by atoms with Gasteiger partial charge in [0.05, 0.1) is 0 Å². The summed E-state index contributed by atoms with van der Waals surface area (Å²) in [6.07, 6.45) is 0. The van der Waals surface area contributed by atoms with Crippen molar-refractivity contribution in [1.82, 2.24) is 14.9 Å². The molecule has 0 atom stereocenters. The van der Waals surface area contributed by atoms with E-state index in [0.29, 0.717) is 33.0 Å². The number of aromatic nitrogens is 3. The van der Waals surface area contributed by atoms with Gasteiger partial charge in [0.1, 0.15) is 12.4 Å². The second-order valence-corrected chi connectivity index (χ2v) is 6.00. The lowest BCUT2D eigenvalue weighted by Gasteiger charge is -2.09. The lowest BCUT2D eigenvalue weighted by atomic mass is 10.2. The van der Waals surface area contributed by atoms with Crippen LogP contribution in [0.4, 0.5) is 0 Å². The number of nitrogens with one attached hydrogen (secondary N) is 1. The fraction of sp³-hybridized carbons (Fsp3) is 0.0667. The maximum atomic E-state index is 6.12. The van der Waals surface area contributed by atoms with E-state index in [1.807, 2.05) is 30.3 Å². The van der Waals surface area contributed by atoms with Crippen LogP contribution in [0.2, 0.25) is 10.0 Å². The van der Waals surface area contributed by atoms with Crippen molar-refractivity contribution in [2.75, 3.05) is 5.84 Å². The molecular weight excluding hydrogens is 355 g/mol. The standard InChI is InChI=1S/C15H12Cl2N4OS/c16-11-4-1-10(13(17)7-11)8-22-12-5-2-9(3-6-12)14-19-20-15(23)21(14)18/h1-7H,8,18H2,(H,20,23). The van der Waals surface area contributed by atoms with Crippen LogP contribution in [-0.2, 0) is 6.61 Å². The number of rotatable bonds is 4. The Bertz CT molecular complexity index is 889.